The van der Waals surface area contributed by atoms with Crippen LogP contribution in [0.1, 0.15) is 12.8 Å². The topological polar surface area (TPSA) is 37.4 Å². The van der Waals surface area contributed by atoms with Gasteiger partial charge in [0, 0.05) is 18.6 Å². The molecular weight excluding hydrogens is 206 g/mol. The second-order valence-electron chi connectivity index (χ2n) is 3.59. The maximum Gasteiger partial charge on any atom is 0.150 e. The Morgan fingerprint density at radius 3 is 2.31 bits per heavy atom. The molecule has 0 amide bonds. The summed E-state index contributed by atoms with van der Waals surface area (Å²) in [5, 5.41) is -0.108. The van der Waals surface area contributed by atoms with Crippen LogP contribution >= 0.6 is 12.6 Å². The summed E-state index contributed by atoms with van der Waals surface area (Å²) in [6, 6.07) is 0. The van der Waals surface area contributed by atoms with E-state index in [-0.39, 0.29) is 5.25 Å². The van der Waals surface area contributed by atoms with Gasteiger partial charge in [-0.15, -0.1) is 0 Å². The van der Waals surface area contributed by atoms with Crippen molar-refractivity contribution in [3.63, 3.8) is 0 Å². The van der Waals surface area contributed by atoms with E-state index in [9.17, 15) is 8.42 Å². The molecule has 3 nitrogen and oxygen atoms in total. The van der Waals surface area contributed by atoms with Crippen molar-refractivity contribution >= 4 is 22.5 Å². The minimum atomic E-state index is -2.81. The molecule has 0 aromatic rings. The average molecular weight is 223 g/mol. The molecule has 0 N–H and O–H groups in total. The molecule has 0 spiro atoms. The average Bonchev–Trinajstić information content (AvgIpc) is 2.04. The van der Waals surface area contributed by atoms with Crippen molar-refractivity contribution in [1.82, 2.24) is 4.90 Å². The number of rotatable bonds is 3. The van der Waals surface area contributed by atoms with Crippen molar-refractivity contribution in [3.05, 3.63) is 0 Å². The van der Waals surface area contributed by atoms with Crippen molar-refractivity contribution in [2.45, 2.75) is 18.1 Å². The predicted molar refractivity (Wildman–Crippen MR) is 58.2 cm³/mol. The molecule has 78 valence electrons. The Balaban J connectivity index is 2.39. The molecule has 1 aliphatic rings. The molecule has 1 saturated heterocycles. The first-order valence-electron chi connectivity index (χ1n) is 4.56. The molecule has 0 radical (unpaired) electrons. The Morgan fingerprint density at radius 2 is 1.92 bits per heavy atom. The Kier molecular flexibility index (Phi) is 4.06. The fourth-order valence-corrected chi connectivity index (χ4v) is 3.05. The fourth-order valence-electron chi connectivity index (χ4n) is 1.70. The minimum Gasteiger partial charge on any atom is -0.302 e. The van der Waals surface area contributed by atoms with Gasteiger partial charge in [0.15, 0.2) is 0 Å². The maximum atomic E-state index is 11.2. The molecule has 0 aliphatic carbocycles. The van der Waals surface area contributed by atoms with E-state index in [4.69, 9.17) is 0 Å². The van der Waals surface area contributed by atoms with Gasteiger partial charge in [-0.1, -0.05) is 0 Å². The van der Waals surface area contributed by atoms with Crippen LogP contribution < -0.4 is 0 Å². The molecule has 0 aromatic carbocycles. The zero-order valence-corrected chi connectivity index (χ0v) is 9.65. The van der Waals surface area contributed by atoms with Crippen molar-refractivity contribution < 1.29 is 8.42 Å². The normalized spacial score (nSPS) is 22.0. The standard InChI is InChI=1S/C8H17NO2S2/c1-13(10,11)8-2-4-9(5-3-8)6-7-12/h8,12H,2-7H2,1H3. The van der Waals surface area contributed by atoms with E-state index in [0.717, 1.165) is 38.2 Å². The van der Waals surface area contributed by atoms with Crippen molar-refractivity contribution in [2.75, 3.05) is 31.6 Å². The molecule has 5 heteroatoms. The predicted octanol–water partition coefficient (Wildman–Crippen LogP) is 0.425. The highest BCUT2D eigenvalue weighted by atomic mass is 32.2. The van der Waals surface area contributed by atoms with Gasteiger partial charge in [-0.3, -0.25) is 0 Å². The van der Waals surface area contributed by atoms with Crippen LogP contribution in [0, 0.1) is 0 Å². The fraction of sp³-hybridized carbons (Fsp3) is 1.00. The number of hydrogen-bond donors (Lipinski definition) is 1. The Labute approximate surface area is 85.8 Å². The van der Waals surface area contributed by atoms with Crippen molar-refractivity contribution in [1.29, 1.82) is 0 Å². The molecule has 1 heterocycles. The summed E-state index contributed by atoms with van der Waals surface area (Å²) < 4.78 is 22.4. The number of piperidine rings is 1. The molecule has 1 rings (SSSR count). The number of sulfone groups is 1. The number of thiol groups is 1. The lowest BCUT2D eigenvalue weighted by Crippen LogP contribution is -2.39. The third-order valence-corrected chi connectivity index (χ3v) is 4.44. The molecule has 0 aromatic heterocycles. The van der Waals surface area contributed by atoms with E-state index in [2.05, 4.69) is 17.5 Å². The lowest BCUT2D eigenvalue weighted by molar-refractivity contribution is 0.243. The van der Waals surface area contributed by atoms with E-state index in [1.165, 1.54) is 6.26 Å². The van der Waals surface area contributed by atoms with Crippen molar-refractivity contribution in [3.8, 4) is 0 Å². The molecule has 0 atom stereocenters. The van der Waals surface area contributed by atoms with Crippen LogP contribution in [0.3, 0.4) is 0 Å². The van der Waals surface area contributed by atoms with Gasteiger partial charge in [-0.05, 0) is 25.9 Å². The zero-order valence-electron chi connectivity index (χ0n) is 7.94. The van der Waals surface area contributed by atoms with E-state index >= 15 is 0 Å². The monoisotopic (exact) mass is 223 g/mol. The highest BCUT2D eigenvalue weighted by molar-refractivity contribution is 7.91. The summed E-state index contributed by atoms with van der Waals surface area (Å²) in [7, 11) is -2.81. The van der Waals surface area contributed by atoms with Crippen LogP contribution in [-0.2, 0) is 9.84 Å². The molecule has 1 fully saturated rings. The minimum absolute atomic E-state index is 0.108. The largest absolute Gasteiger partial charge is 0.302 e. The Bertz CT molecular complexity index is 243. The summed E-state index contributed by atoms with van der Waals surface area (Å²) in [6.07, 6.45) is 2.91. The van der Waals surface area contributed by atoms with Gasteiger partial charge in [-0.2, -0.15) is 12.6 Å². The zero-order chi connectivity index (χ0) is 9.90. The van der Waals surface area contributed by atoms with Gasteiger partial charge in [-0.25, -0.2) is 8.42 Å². The van der Waals surface area contributed by atoms with Crippen LogP contribution in [0.2, 0.25) is 0 Å². The smallest absolute Gasteiger partial charge is 0.150 e. The molecule has 13 heavy (non-hydrogen) atoms. The quantitative estimate of drug-likeness (QED) is 0.705. The number of hydrogen-bond acceptors (Lipinski definition) is 4. The second-order valence-corrected chi connectivity index (χ2v) is 6.37. The van der Waals surface area contributed by atoms with Gasteiger partial charge >= 0.3 is 0 Å². The highest BCUT2D eigenvalue weighted by Gasteiger charge is 2.25. The van der Waals surface area contributed by atoms with Gasteiger partial charge in [0.2, 0.25) is 0 Å². The van der Waals surface area contributed by atoms with Gasteiger partial charge in [0.25, 0.3) is 0 Å². The van der Waals surface area contributed by atoms with E-state index in [1.807, 2.05) is 0 Å². The van der Waals surface area contributed by atoms with Crippen LogP contribution in [0.4, 0.5) is 0 Å². The second kappa shape index (κ2) is 4.66. The van der Waals surface area contributed by atoms with E-state index in [1.54, 1.807) is 0 Å². The first-order chi connectivity index (χ1) is 6.04. The Morgan fingerprint density at radius 1 is 1.38 bits per heavy atom. The first kappa shape index (κ1) is 11.3. The van der Waals surface area contributed by atoms with E-state index < -0.39 is 9.84 Å². The summed E-state index contributed by atoms with van der Waals surface area (Å²) in [5.74, 6) is 0.851. The van der Waals surface area contributed by atoms with Crippen LogP contribution in [0.25, 0.3) is 0 Å². The summed E-state index contributed by atoms with van der Waals surface area (Å²) in [4.78, 5) is 2.27. The van der Waals surface area contributed by atoms with Gasteiger partial charge in [0.05, 0.1) is 5.25 Å². The number of likely N-dealkylation sites (tertiary alicyclic amines) is 1. The SMILES string of the molecule is CS(=O)(=O)C1CCN(CCS)CC1. The van der Waals surface area contributed by atoms with Crippen LogP contribution in [-0.4, -0.2) is 50.2 Å². The molecule has 0 bridgehead atoms. The van der Waals surface area contributed by atoms with Crippen molar-refractivity contribution in [2.24, 2.45) is 0 Å². The van der Waals surface area contributed by atoms with Crippen LogP contribution in [0.5, 0.6) is 0 Å². The molecule has 1 aliphatic heterocycles. The summed E-state index contributed by atoms with van der Waals surface area (Å²) >= 11 is 4.15. The molecular formula is C8H17NO2S2. The third kappa shape index (κ3) is 3.48. The van der Waals surface area contributed by atoms with Crippen LogP contribution in [0.15, 0.2) is 0 Å². The lowest BCUT2D eigenvalue weighted by atomic mass is 10.1. The van der Waals surface area contributed by atoms with E-state index in [0.29, 0.717) is 0 Å². The number of nitrogens with zero attached hydrogens (tertiary/aromatic N) is 1. The van der Waals surface area contributed by atoms with Gasteiger partial charge < -0.3 is 4.90 Å². The highest BCUT2D eigenvalue weighted by Crippen LogP contribution is 2.16. The maximum absolute atomic E-state index is 11.2. The lowest BCUT2D eigenvalue weighted by Gasteiger charge is -2.30. The summed E-state index contributed by atoms with van der Waals surface area (Å²) in [5.41, 5.74) is 0. The molecule has 0 unspecified atom stereocenters. The molecule has 0 saturated carbocycles. The Hall–Kier alpha value is 0.260. The third-order valence-electron chi connectivity index (χ3n) is 2.56. The van der Waals surface area contributed by atoms with Gasteiger partial charge in [0.1, 0.15) is 9.84 Å². The summed E-state index contributed by atoms with van der Waals surface area (Å²) in [6.45, 7) is 2.77. The first-order valence-corrected chi connectivity index (χ1v) is 7.15.